The van der Waals surface area contributed by atoms with Crippen LogP contribution < -0.4 is 15.4 Å². The van der Waals surface area contributed by atoms with E-state index in [-0.39, 0.29) is 5.91 Å². The van der Waals surface area contributed by atoms with E-state index in [0.29, 0.717) is 11.3 Å². The van der Waals surface area contributed by atoms with Crippen molar-refractivity contribution in [3.8, 4) is 16.9 Å². The number of carbonyl (C=O) groups excluding carboxylic acids is 1. The Morgan fingerprint density at radius 2 is 1.83 bits per heavy atom. The predicted molar refractivity (Wildman–Crippen MR) is 138 cm³/mol. The van der Waals surface area contributed by atoms with Crippen LogP contribution in [0.4, 0.5) is 0 Å². The minimum atomic E-state index is -0.397. The molecule has 1 aliphatic carbocycles. The van der Waals surface area contributed by atoms with Crippen LogP contribution in [0, 0.1) is 6.92 Å². The number of methoxy groups -OCH3 is 1. The molecule has 2 aromatic heterocycles. The molecule has 2 N–H and O–H groups in total. The number of aryl methyl sites for hydroxylation is 1. The first-order valence-electron chi connectivity index (χ1n) is 11.7. The molecule has 2 aliphatic rings. The van der Waals surface area contributed by atoms with Gasteiger partial charge in [0, 0.05) is 41.6 Å². The van der Waals surface area contributed by atoms with Gasteiger partial charge in [0.05, 0.1) is 18.2 Å². The quantitative estimate of drug-likeness (QED) is 0.428. The van der Waals surface area contributed by atoms with E-state index in [0.717, 1.165) is 52.5 Å². The molecule has 1 aliphatic heterocycles. The first-order chi connectivity index (χ1) is 17.1. The Hall–Kier alpha value is -4.19. The summed E-state index contributed by atoms with van der Waals surface area (Å²) in [6.45, 7) is 3.01. The molecule has 1 amide bonds. The Kier molecular flexibility index (Phi) is 6.19. The monoisotopic (exact) mass is 464 g/mol. The molecule has 0 saturated heterocycles. The van der Waals surface area contributed by atoms with Crippen molar-refractivity contribution in [3.05, 3.63) is 102 Å². The van der Waals surface area contributed by atoms with Crippen LogP contribution in [0.1, 0.15) is 34.3 Å². The third kappa shape index (κ3) is 4.73. The fourth-order valence-corrected chi connectivity index (χ4v) is 4.24. The molecule has 0 bridgehead atoms. The van der Waals surface area contributed by atoms with Gasteiger partial charge < -0.3 is 15.4 Å². The Balaban J connectivity index is 0.000000577. The largest absolute Gasteiger partial charge is 0.497 e. The first-order valence-corrected chi connectivity index (χ1v) is 11.7. The molecule has 0 spiro atoms. The highest BCUT2D eigenvalue weighted by Crippen LogP contribution is 2.49. The predicted octanol–water partition coefficient (Wildman–Crippen LogP) is 5.14. The number of carbonyl (C=O) groups is 1. The summed E-state index contributed by atoms with van der Waals surface area (Å²) in [6.07, 6.45) is 11.2. The summed E-state index contributed by atoms with van der Waals surface area (Å²) < 4.78 is 5.32. The molecule has 176 valence electrons. The number of benzene rings is 2. The maximum atomic E-state index is 13.3. The van der Waals surface area contributed by atoms with E-state index in [2.05, 4.69) is 44.9 Å². The van der Waals surface area contributed by atoms with Gasteiger partial charge in [-0.1, -0.05) is 18.2 Å². The molecule has 0 unspecified atom stereocenters. The second-order valence-corrected chi connectivity index (χ2v) is 8.86. The van der Waals surface area contributed by atoms with Crippen molar-refractivity contribution in [1.29, 1.82) is 0 Å². The standard InChI is InChI=1S/C26H23N3O2.C3H5N/c1-17-7-8-20(31-2)15-22(17)25(30)29-26(9-10-26)23-13-19(18-5-3-11-27-16-18)14-24-21(23)6-4-12-28-24;1-2-4-3-1/h3-8,11-16H,9-10H2,1-2H3,(H,29,30);1-2,4H,3H2. The number of nitrogens with one attached hydrogen (secondary N) is 2. The van der Waals surface area contributed by atoms with Gasteiger partial charge in [-0.3, -0.25) is 14.8 Å². The van der Waals surface area contributed by atoms with Crippen LogP contribution in [0.2, 0.25) is 0 Å². The number of aromatic nitrogens is 2. The zero-order valence-electron chi connectivity index (χ0n) is 19.9. The molecule has 3 heterocycles. The Labute approximate surface area is 205 Å². The molecule has 6 nitrogen and oxygen atoms in total. The molecule has 6 heteroatoms. The molecule has 6 rings (SSSR count). The van der Waals surface area contributed by atoms with Crippen LogP contribution >= 0.6 is 0 Å². The number of fused-ring (bicyclic) bond motifs is 1. The lowest BCUT2D eigenvalue weighted by atomic mass is 9.93. The van der Waals surface area contributed by atoms with Crippen LogP contribution in [-0.2, 0) is 5.54 Å². The number of amides is 1. The summed E-state index contributed by atoms with van der Waals surface area (Å²) in [5.41, 5.74) is 5.25. The molecular formula is C29H28N4O2. The third-order valence-corrected chi connectivity index (χ3v) is 6.49. The summed E-state index contributed by atoms with van der Waals surface area (Å²) >= 11 is 0. The Bertz CT molecular complexity index is 1390. The molecular weight excluding hydrogens is 436 g/mol. The SMILES string of the molecule is C1=CNC1.COc1ccc(C)c(C(=O)NC2(c3cc(-c4cccnc4)cc4ncccc34)CC2)c1. The van der Waals surface area contributed by atoms with Crippen LogP contribution in [0.5, 0.6) is 5.75 Å². The van der Waals surface area contributed by atoms with Crippen molar-refractivity contribution in [3.63, 3.8) is 0 Å². The van der Waals surface area contributed by atoms with Crippen molar-refractivity contribution in [1.82, 2.24) is 20.6 Å². The normalized spacial score (nSPS) is 14.7. The van der Waals surface area contributed by atoms with Gasteiger partial charge in [-0.05, 0) is 85.1 Å². The second-order valence-electron chi connectivity index (χ2n) is 8.86. The summed E-state index contributed by atoms with van der Waals surface area (Å²) in [5.74, 6) is 0.589. The van der Waals surface area contributed by atoms with Gasteiger partial charge in [0.25, 0.3) is 5.91 Å². The summed E-state index contributed by atoms with van der Waals surface area (Å²) in [5, 5.41) is 7.32. The number of pyridine rings is 2. The van der Waals surface area contributed by atoms with Crippen LogP contribution in [0.15, 0.2) is 85.5 Å². The van der Waals surface area contributed by atoms with E-state index in [1.54, 1.807) is 25.6 Å². The molecule has 1 fully saturated rings. The lowest BCUT2D eigenvalue weighted by molar-refractivity contribution is 0.0930. The highest BCUT2D eigenvalue weighted by Gasteiger charge is 2.47. The molecule has 2 aromatic carbocycles. The lowest BCUT2D eigenvalue weighted by Gasteiger charge is -2.22. The van der Waals surface area contributed by atoms with E-state index in [1.807, 2.05) is 49.7 Å². The van der Waals surface area contributed by atoms with Gasteiger partial charge in [-0.2, -0.15) is 0 Å². The van der Waals surface area contributed by atoms with Crippen molar-refractivity contribution >= 4 is 16.8 Å². The third-order valence-electron chi connectivity index (χ3n) is 6.49. The van der Waals surface area contributed by atoms with Gasteiger partial charge in [-0.25, -0.2) is 0 Å². The van der Waals surface area contributed by atoms with Crippen molar-refractivity contribution in [2.45, 2.75) is 25.3 Å². The minimum Gasteiger partial charge on any atom is -0.497 e. The number of rotatable bonds is 5. The topological polar surface area (TPSA) is 76.1 Å². The number of nitrogens with zero attached hydrogens (tertiary/aromatic N) is 2. The Morgan fingerprint density at radius 3 is 2.49 bits per heavy atom. The minimum absolute atomic E-state index is 0.0854. The summed E-state index contributed by atoms with van der Waals surface area (Å²) in [6, 6.07) is 17.8. The van der Waals surface area contributed by atoms with Gasteiger partial charge in [0.15, 0.2) is 0 Å². The lowest BCUT2D eigenvalue weighted by Crippen LogP contribution is -2.35. The smallest absolute Gasteiger partial charge is 0.252 e. The van der Waals surface area contributed by atoms with Crippen molar-refractivity contribution in [2.75, 3.05) is 13.7 Å². The van der Waals surface area contributed by atoms with E-state index >= 15 is 0 Å². The van der Waals surface area contributed by atoms with Crippen LogP contribution in [0.25, 0.3) is 22.0 Å². The Morgan fingerprint density at radius 1 is 1.06 bits per heavy atom. The second kappa shape index (κ2) is 9.58. The van der Waals surface area contributed by atoms with Crippen molar-refractivity contribution in [2.24, 2.45) is 0 Å². The van der Waals surface area contributed by atoms with Crippen molar-refractivity contribution < 1.29 is 9.53 Å². The van der Waals surface area contributed by atoms with Crippen LogP contribution in [0.3, 0.4) is 0 Å². The fourth-order valence-electron chi connectivity index (χ4n) is 4.24. The van der Waals surface area contributed by atoms with E-state index < -0.39 is 5.54 Å². The van der Waals surface area contributed by atoms with Gasteiger partial charge in [0.1, 0.15) is 5.75 Å². The molecule has 1 saturated carbocycles. The number of hydrogen-bond donors (Lipinski definition) is 2. The van der Waals surface area contributed by atoms with E-state index in [1.165, 1.54) is 0 Å². The highest BCUT2D eigenvalue weighted by molar-refractivity contribution is 5.98. The molecule has 0 atom stereocenters. The molecule has 35 heavy (non-hydrogen) atoms. The molecule has 0 radical (unpaired) electrons. The zero-order valence-corrected chi connectivity index (χ0v) is 19.9. The zero-order chi connectivity index (χ0) is 24.3. The maximum absolute atomic E-state index is 13.3. The highest BCUT2D eigenvalue weighted by atomic mass is 16.5. The van der Waals surface area contributed by atoms with E-state index in [4.69, 9.17) is 4.74 Å². The summed E-state index contributed by atoms with van der Waals surface area (Å²) in [4.78, 5) is 22.1. The molecule has 4 aromatic rings. The van der Waals surface area contributed by atoms with Gasteiger partial charge in [0.2, 0.25) is 0 Å². The average molecular weight is 465 g/mol. The van der Waals surface area contributed by atoms with Crippen LogP contribution in [-0.4, -0.2) is 29.5 Å². The number of hydrogen-bond acceptors (Lipinski definition) is 5. The fraction of sp³-hybridized carbons (Fsp3) is 0.207. The first kappa shape index (κ1) is 22.6. The maximum Gasteiger partial charge on any atom is 0.252 e. The van der Waals surface area contributed by atoms with Gasteiger partial charge in [-0.15, -0.1) is 0 Å². The van der Waals surface area contributed by atoms with Gasteiger partial charge >= 0.3 is 0 Å². The summed E-state index contributed by atoms with van der Waals surface area (Å²) in [7, 11) is 1.61. The number of ether oxygens (including phenoxy) is 1. The average Bonchev–Trinajstić information content (AvgIpc) is 3.63. The van der Waals surface area contributed by atoms with E-state index in [9.17, 15) is 4.79 Å².